The van der Waals surface area contributed by atoms with Gasteiger partial charge in [0.25, 0.3) is 0 Å². The number of methoxy groups -OCH3 is 1. The quantitative estimate of drug-likeness (QED) is 0.882. The van der Waals surface area contributed by atoms with Crippen LogP contribution in [-0.2, 0) is 21.3 Å². The molecule has 0 aliphatic carbocycles. The summed E-state index contributed by atoms with van der Waals surface area (Å²) in [5.74, 6) is 0.436. The standard InChI is InChI=1S/C11H17BrN2O4S/c1-17-8-3-2-4-14(7-8)19(15,16)10-5-9(6-13)18-11(10)12/h5,8H,2-4,6-7,13H2,1H3. The smallest absolute Gasteiger partial charge is 0.247 e. The van der Waals surface area contributed by atoms with Gasteiger partial charge in [0.05, 0.1) is 12.6 Å². The van der Waals surface area contributed by atoms with Gasteiger partial charge in [0, 0.05) is 26.3 Å². The van der Waals surface area contributed by atoms with Crippen molar-refractivity contribution >= 4 is 26.0 Å². The number of nitrogens with zero attached hydrogens (tertiary/aromatic N) is 1. The fourth-order valence-electron chi connectivity index (χ4n) is 2.13. The molecule has 1 aliphatic rings. The van der Waals surface area contributed by atoms with Crippen molar-refractivity contribution in [2.75, 3.05) is 20.2 Å². The molecule has 1 fully saturated rings. The molecule has 108 valence electrons. The monoisotopic (exact) mass is 352 g/mol. The van der Waals surface area contributed by atoms with E-state index in [1.165, 1.54) is 10.4 Å². The number of hydrogen-bond acceptors (Lipinski definition) is 5. The first-order valence-corrected chi connectivity index (χ1v) is 8.23. The van der Waals surface area contributed by atoms with Crippen LogP contribution in [0.2, 0.25) is 0 Å². The number of halogens is 1. The highest BCUT2D eigenvalue weighted by Gasteiger charge is 2.33. The Bertz CT molecular complexity index is 543. The molecular formula is C11H17BrN2O4S. The summed E-state index contributed by atoms with van der Waals surface area (Å²) in [6.07, 6.45) is 1.61. The van der Waals surface area contributed by atoms with Crippen LogP contribution < -0.4 is 5.73 Å². The van der Waals surface area contributed by atoms with Gasteiger partial charge < -0.3 is 14.9 Å². The lowest BCUT2D eigenvalue weighted by Crippen LogP contribution is -2.42. The summed E-state index contributed by atoms with van der Waals surface area (Å²) < 4.78 is 37.2. The second-order valence-corrected chi connectivity index (χ2v) is 7.04. The van der Waals surface area contributed by atoms with Crippen LogP contribution in [0.5, 0.6) is 0 Å². The van der Waals surface area contributed by atoms with Crippen molar-refractivity contribution in [2.45, 2.75) is 30.4 Å². The van der Waals surface area contributed by atoms with Crippen LogP contribution in [0.15, 0.2) is 20.0 Å². The van der Waals surface area contributed by atoms with E-state index in [1.54, 1.807) is 7.11 Å². The second kappa shape index (κ2) is 5.92. The molecule has 8 heteroatoms. The van der Waals surface area contributed by atoms with Gasteiger partial charge in [-0.1, -0.05) is 0 Å². The molecule has 1 aromatic heterocycles. The van der Waals surface area contributed by atoms with E-state index in [4.69, 9.17) is 14.9 Å². The molecule has 1 aromatic rings. The zero-order valence-electron chi connectivity index (χ0n) is 10.6. The lowest BCUT2D eigenvalue weighted by molar-refractivity contribution is 0.0571. The van der Waals surface area contributed by atoms with E-state index in [9.17, 15) is 8.42 Å². The van der Waals surface area contributed by atoms with Crippen LogP contribution in [-0.4, -0.2) is 39.0 Å². The van der Waals surface area contributed by atoms with Gasteiger partial charge in [0.15, 0.2) is 4.67 Å². The van der Waals surface area contributed by atoms with Gasteiger partial charge >= 0.3 is 0 Å². The van der Waals surface area contributed by atoms with E-state index in [1.807, 2.05) is 0 Å². The third-order valence-corrected chi connectivity index (χ3v) is 5.92. The van der Waals surface area contributed by atoms with Crippen LogP contribution in [0.25, 0.3) is 0 Å². The number of ether oxygens (including phenoxy) is 1. The first-order valence-electron chi connectivity index (χ1n) is 6.00. The van der Waals surface area contributed by atoms with Crippen molar-refractivity contribution in [1.29, 1.82) is 0 Å². The fraction of sp³-hybridized carbons (Fsp3) is 0.636. The molecule has 2 N–H and O–H groups in total. The predicted octanol–water partition coefficient (Wildman–Crippen LogP) is 1.30. The summed E-state index contributed by atoms with van der Waals surface area (Å²) in [4.78, 5) is 0.129. The summed E-state index contributed by atoms with van der Waals surface area (Å²) in [5.41, 5.74) is 5.45. The molecule has 1 unspecified atom stereocenters. The van der Waals surface area contributed by atoms with E-state index in [-0.39, 0.29) is 22.2 Å². The topological polar surface area (TPSA) is 85.8 Å². The zero-order valence-corrected chi connectivity index (χ0v) is 13.0. The molecule has 1 aliphatic heterocycles. The SMILES string of the molecule is COC1CCCN(S(=O)(=O)c2cc(CN)oc2Br)C1. The average molecular weight is 353 g/mol. The number of furan rings is 1. The average Bonchev–Trinajstić information content (AvgIpc) is 2.81. The Kier molecular flexibility index (Phi) is 4.67. The van der Waals surface area contributed by atoms with Crippen molar-refractivity contribution in [3.05, 3.63) is 16.5 Å². The summed E-state index contributed by atoms with van der Waals surface area (Å²) in [6, 6.07) is 1.47. The molecule has 19 heavy (non-hydrogen) atoms. The maximum absolute atomic E-state index is 12.5. The third kappa shape index (κ3) is 3.03. The fourth-order valence-corrected chi connectivity index (χ4v) is 4.60. The Morgan fingerprint density at radius 2 is 2.37 bits per heavy atom. The molecule has 1 saturated heterocycles. The molecule has 2 rings (SSSR count). The summed E-state index contributed by atoms with van der Waals surface area (Å²) in [7, 11) is -1.97. The molecule has 1 atom stereocenters. The lowest BCUT2D eigenvalue weighted by atomic mass is 10.1. The van der Waals surface area contributed by atoms with Gasteiger partial charge in [-0.25, -0.2) is 8.42 Å². The number of sulfonamides is 1. The molecule has 0 aromatic carbocycles. The Morgan fingerprint density at radius 3 is 2.95 bits per heavy atom. The molecule has 0 radical (unpaired) electrons. The maximum atomic E-state index is 12.5. The van der Waals surface area contributed by atoms with Gasteiger partial charge in [0.1, 0.15) is 10.7 Å². The normalized spacial score (nSPS) is 21.7. The van der Waals surface area contributed by atoms with Crippen molar-refractivity contribution < 1.29 is 17.6 Å². The zero-order chi connectivity index (χ0) is 14.0. The number of nitrogens with two attached hydrogens (primary N) is 1. The van der Waals surface area contributed by atoms with Crippen molar-refractivity contribution in [3.8, 4) is 0 Å². The first kappa shape index (κ1) is 15.0. The molecular weight excluding hydrogens is 336 g/mol. The Labute approximate surface area is 121 Å². The van der Waals surface area contributed by atoms with Gasteiger partial charge in [-0.3, -0.25) is 0 Å². The number of rotatable bonds is 4. The van der Waals surface area contributed by atoms with Crippen LogP contribution in [0.3, 0.4) is 0 Å². The van der Waals surface area contributed by atoms with Crippen LogP contribution >= 0.6 is 15.9 Å². The summed E-state index contributed by atoms with van der Waals surface area (Å²) >= 11 is 3.13. The van der Waals surface area contributed by atoms with Crippen molar-refractivity contribution in [3.63, 3.8) is 0 Å². The predicted molar refractivity (Wildman–Crippen MR) is 73.1 cm³/mol. The maximum Gasteiger partial charge on any atom is 0.247 e. The molecule has 6 nitrogen and oxygen atoms in total. The summed E-state index contributed by atoms with van der Waals surface area (Å²) in [5, 5.41) is 0. The molecule has 2 heterocycles. The molecule has 0 spiro atoms. The largest absolute Gasteiger partial charge is 0.452 e. The van der Waals surface area contributed by atoms with E-state index in [0.717, 1.165) is 12.8 Å². The van der Waals surface area contributed by atoms with Crippen LogP contribution in [0.1, 0.15) is 18.6 Å². The minimum atomic E-state index is -3.57. The van der Waals surface area contributed by atoms with Gasteiger partial charge in [-0.05, 0) is 28.8 Å². The lowest BCUT2D eigenvalue weighted by Gasteiger charge is -2.30. The number of hydrogen-bond donors (Lipinski definition) is 1. The first-order chi connectivity index (χ1) is 8.98. The Hall–Kier alpha value is -0.410. The molecule has 0 saturated carbocycles. The highest BCUT2D eigenvalue weighted by Crippen LogP contribution is 2.30. The highest BCUT2D eigenvalue weighted by molar-refractivity contribution is 9.10. The minimum Gasteiger partial charge on any atom is -0.452 e. The van der Waals surface area contributed by atoms with E-state index in [2.05, 4.69) is 15.9 Å². The highest BCUT2D eigenvalue weighted by atomic mass is 79.9. The molecule has 0 amide bonds. The Balaban J connectivity index is 2.28. The van der Waals surface area contributed by atoms with E-state index in [0.29, 0.717) is 18.8 Å². The van der Waals surface area contributed by atoms with Crippen molar-refractivity contribution in [1.82, 2.24) is 4.31 Å². The van der Waals surface area contributed by atoms with E-state index < -0.39 is 10.0 Å². The van der Waals surface area contributed by atoms with Crippen LogP contribution in [0, 0.1) is 0 Å². The van der Waals surface area contributed by atoms with Gasteiger partial charge in [-0.2, -0.15) is 4.31 Å². The van der Waals surface area contributed by atoms with Gasteiger partial charge in [0.2, 0.25) is 10.0 Å². The van der Waals surface area contributed by atoms with Gasteiger partial charge in [-0.15, -0.1) is 0 Å². The van der Waals surface area contributed by atoms with Crippen molar-refractivity contribution in [2.24, 2.45) is 5.73 Å². The summed E-state index contributed by atoms with van der Waals surface area (Å²) in [6.45, 7) is 1.03. The number of piperidine rings is 1. The second-order valence-electron chi connectivity index (χ2n) is 4.42. The van der Waals surface area contributed by atoms with E-state index >= 15 is 0 Å². The molecule has 0 bridgehead atoms. The Morgan fingerprint density at radius 1 is 1.63 bits per heavy atom. The minimum absolute atomic E-state index is 0.0526. The third-order valence-electron chi connectivity index (χ3n) is 3.20. The van der Waals surface area contributed by atoms with Crippen LogP contribution in [0.4, 0.5) is 0 Å².